The molecule has 18 heavy (non-hydrogen) atoms. The number of hydrogen-bond donors (Lipinski definition) is 2. The van der Waals surface area contributed by atoms with Crippen LogP contribution in [0.1, 0.15) is 0 Å². The fourth-order valence-electron chi connectivity index (χ4n) is 1.76. The van der Waals surface area contributed by atoms with Crippen molar-refractivity contribution in [3.8, 4) is 0 Å². The van der Waals surface area contributed by atoms with Gasteiger partial charge in [0.25, 0.3) is 0 Å². The van der Waals surface area contributed by atoms with Gasteiger partial charge < -0.3 is 10.6 Å². The van der Waals surface area contributed by atoms with E-state index < -0.39 is 0 Å². The Kier molecular flexibility index (Phi) is 4.33. The van der Waals surface area contributed by atoms with E-state index in [-0.39, 0.29) is 24.9 Å². The largest absolute Gasteiger partial charge is 0.354 e. The highest BCUT2D eigenvalue weighted by Crippen LogP contribution is 2.13. The molecular formula is C12H14BrN3O2. The van der Waals surface area contributed by atoms with Crippen LogP contribution in [0.2, 0.25) is 0 Å². The van der Waals surface area contributed by atoms with Gasteiger partial charge in [-0.15, -0.1) is 0 Å². The fraction of sp³-hybridized carbons (Fsp3) is 0.333. The van der Waals surface area contributed by atoms with Gasteiger partial charge in [0, 0.05) is 23.2 Å². The molecule has 0 bridgehead atoms. The van der Waals surface area contributed by atoms with Gasteiger partial charge in [0.2, 0.25) is 11.8 Å². The van der Waals surface area contributed by atoms with Gasteiger partial charge in [-0.1, -0.05) is 15.9 Å². The van der Waals surface area contributed by atoms with Crippen molar-refractivity contribution in [1.29, 1.82) is 0 Å². The maximum absolute atomic E-state index is 11.8. The molecule has 1 saturated heterocycles. The van der Waals surface area contributed by atoms with Crippen LogP contribution in [0, 0.1) is 0 Å². The fourth-order valence-corrected chi connectivity index (χ4v) is 2.03. The predicted octanol–water partition coefficient (Wildman–Crippen LogP) is 0.819. The maximum atomic E-state index is 11.8. The smallest absolute Gasteiger partial charge is 0.238 e. The number of nitrogens with zero attached hydrogens (tertiary/aromatic N) is 1. The Morgan fingerprint density at radius 1 is 1.39 bits per heavy atom. The van der Waals surface area contributed by atoms with Crippen molar-refractivity contribution in [1.82, 2.24) is 10.2 Å². The molecule has 0 saturated carbocycles. The summed E-state index contributed by atoms with van der Waals surface area (Å²) >= 11 is 3.33. The van der Waals surface area contributed by atoms with Crippen LogP contribution in [0.5, 0.6) is 0 Å². The average Bonchev–Trinajstić information content (AvgIpc) is 2.32. The molecule has 2 rings (SSSR count). The minimum absolute atomic E-state index is 0.0299. The first kappa shape index (κ1) is 13.0. The zero-order chi connectivity index (χ0) is 13.0. The highest BCUT2D eigenvalue weighted by molar-refractivity contribution is 9.10. The van der Waals surface area contributed by atoms with Crippen LogP contribution in [-0.2, 0) is 9.59 Å². The summed E-state index contributed by atoms with van der Waals surface area (Å²) in [7, 11) is 0. The molecule has 1 aliphatic rings. The van der Waals surface area contributed by atoms with Crippen LogP contribution in [0.25, 0.3) is 0 Å². The van der Waals surface area contributed by atoms with Crippen LogP contribution in [0.3, 0.4) is 0 Å². The number of rotatable bonds is 3. The summed E-state index contributed by atoms with van der Waals surface area (Å²) in [6, 6.07) is 7.38. The Bertz CT molecular complexity index is 447. The Morgan fingerprint density at radius 3 is 2.78 bits per heavy atom. The molecule has 0 radical (unpaired) electrons. The lowest BCUT2D eigenvalue weighted by atomic mass is 10.3. The van der Waals surface area contributed by atoms with Crippen molar-refractivity contribution < 1.29 is 9.59 Å². The lowest BCUT2D eigenvalue weighted by molar-refractivity contribution is -0.125. The molecule has 0 aliphatic carbocycles. The minimum atomic E-state index is -0.105. The van der Waals surface area contributed by atoms with E-state index in [0.29, 0.717) is 13.1 Å². The average molecular weight is 312 g/mol. The van der Waals surface area contributed by atoms with Gasteiger partial charge in [0.15, 0.2) is 0 Å². The Balaban J connectivity index is 1.84. The predicted molar refractivity (Wildman–Crippen MR) is 72.2 cm³/mol. The Labute approximate surface area is 114 Å². The molecule has 0 unspecified atom stereocenters. The molecule has 1 heterocycles. The van der Waals surface area contributed by atoms with E-state index in [0.717, 1.165) is 10.2 Å². The van der Waals surface area contributed by atoms with E-state index >= 15 is 0 Å². The molecular weight excluding hydrogens is 298 g/mol. The molecule has 2 N–H and O–H groups in total. The SMILES string of the molecule is O=C1CN(CC(=O)Nc2ccc(Br)cc2)CCN1. The molecule has 2 amide bonds. The van der Waals surface area contributed by atoms with Gasteiger partial charge in [-0.05, 0) is 24.3 Å². The van der Waals surface area contributed by atoms with Gasteiger partial charge in [-0.2, -0.15) is 0 Å². The van der Waals surface area contributed by atoms with Crippen molar-refractivity contribution >= 4 is 33.4 Å². The summed E-state index contributed by atoms with van der Waals surface area (Å²) < 4.78 is 0.966. The molecule has 1 aliphatic heterocycles. The number of benzene rings is 1. The lowest BCUT2D eigenvalue weighted by Gasteiger charge is -2.25. The molecule has 1 fully saturated rings. The topological polar surface area (TPSA) is 61.4 Å². The second-order valence-corrected chi connectivity index (χ2v) is 5.03. The van der Waals surface area contributed by atoms with E-state index in [1.165, 1.54) is 0 Å². The highest BCUT2D eigenvalue weighted by Gasteiger charge is 2.18. The lowest BCUT2D eigenvalue weighted by Crippen LogP contribution is -2.49. The number of nitrogens with one attached hydrogen (secondary N) is 2. The monoisotopic (exact) mass is 311 g/mol. The third-order valence-corrected chi connectivity index (χ3v) is 3.14. The number of amides is 2. The number of hydrogen-bond acceptors (Lipinski definition) is 3. The minimum Gasteiger partial charge on any atom is -0.354 e. The number of halogens is 1. The van der Waals surface area contributed by atoms with Crippen LogP contribution in [0.4, 0.5) is 5.69 Å². The molecule has 0 spiro atoms. The summed E-state index contributed by atoms with van der Waals surface area (Å²) in [4.78, 5) is 24.8. The molecule has 5 nitrogen and oxygen atoms in total. The normalized spacial score (nSPS) is 16.2. The molecule has 96 valence electrons. The van der Waals surface area contributed by atoms with E-state index in [4.69, 9.17) is 0 Å². The van der Waals surface area contributed by atoms with E-state index in [9.17, 15) is 9.59 Å². The van der Waals surface area contributed by atoms with Gasteiger partial charge in [0.1, 0.15) is 0 Å². The first-order valence-corrected chi connectivity index (χ1v) is 6.47. The quantitative estimate of drug-likeness (QED) is 0.869. The molecule has 1 aromatic carbocycles. The first-order chi connectivity index (χ1) is 8.63. The summed E-state index contributed by atoms with van der Waals surface area (Å²) in [5, 5.41) is 5.52. The third-order valence-electron chi connectivity index (χ3n) is 2.61. The van der Waals surface area contributed by atoms with Crippen LogP contribution >= 0.6 is 15.9 Å². The second kappa shape index (κ2) is 5.97. The molecule has 1 aromatic rings. The maximum Gasteiger partial charge on any atom is 0.238 e. The van der Waals surface area contributed by atoms with E-state index in [1.54, 1.807) is 0 Å². The molecule has 6 heteroatoms. The van der Waals surface area contributed by atoms with Crippen molar-refractivity contribution in [2.75, 3.05) is 31.5 Å². The van der Waals surface area contributed by atoms with Crippen molar-refractivity contribution in [2.45, 2.75) is 0 Å². The number of piperazine rings is 1. The van der Waals surface area contributed by atoms with E-state index in [1.807, 2.05) is 29.2 Å². The zero-order valence-electron chi connectivity index (χ0n) is 9.78. The Morgan fingerprint density at radius 2 is 2.11 bits per heavy atom. The molecule has 0 aromatic heterocycles. The van der Waals surface area contributed by atoms with Crippen molar-refractivity contribution in [2.24, 2.45) is 0 Å². The summed E-state index contributed by atoms with van der Waals surface area (Å²) in [5.41, 5.74) is 0.754. The van der Waals surface area contributed by atoms with E-state index in [2.05, 4.69) is 26.6 Å². The van der Waals surface area contributed by atoms with Crippen LogP contribution in [0.15, 0.2) is 28.7 Å². The van der Waals surface area contributed by atoms with Gasteiger partial charge in [0.05, 0.1) is 13.1 Å². The standard InChI is InChI=1S/C12H14BrN3O2/c13-9-1-3-10(4-2-9)15-12(18)8-16-6-5-14-11(17)7-16/h1-4H,5-8H2,(H,14,17)(H,15,18). The van der Waals surface area contributed by atoms with Gasteiger partial charge >= 0.3 is 0 Å². The van der Waals surface area contributed by atoms with Gasteiger partial charge in [-0.3, -0.25) is 14.5 Å². The zero-order valence-corrected chi connectivity index (χ0v) is 11.4. The molecule has 0 atom stereocenters. The van der Waals surface area contributed by atoms with Crippen LogP contribution in [-0.4, -0.2) is 42.9 Å². The summed E-state index contributed by atoms with van der Waals surface area (Å²) in [5.74, 6) is -0.135. The van der Waals surface area contributed by atoms with Crippen molar-refractivity contribution in [3.63, 3.8) is 0 Å². The van der Waals surface area contributed by atoms with Crippen LogP contribution < -0.4 is 10.6 Å². The summed E-state index contributed by atoms with van der Waals surface area (Å²) in [6.07, 6.45) is 0. The number of carbonyl (C=O) groups is 2. The number of carbonyl (C=O) groups excluding carboxylic acids is 2. The highest BCUT2D eigenvalue weighted by atomic mass is 79.9. The number of anilines is 1. The first-order valence-electron chi connectivity index (χ1n) is 5.68. The second-order valence-electron chi connectivity index (χ2n) is 4.12. The Hall–Kier alpha value is -1.40. The van der Waals surface area contributed by atoms with Crippen molar-refractivity contribution in [3.05, 3.63) is 28.7 Å². The third kappa shape index (κ3) is 3.82. The van der Waals surface area contributed by atoms with Gasteiger partial charge in [-0.25, -0.2) is 0 Å². The summed E-state index contributed by atoms with van der Waals surface area (Å²) in [6.45, 7) is 1.83.